The standard InChI is InChI=1S/C15H22FNO/c1-17-13(11-15(18-2)8-5-9-15)10-12-6-3-4-7-14(12)16/h3-4,6-7,13,17H,5,8-11H2,1-2H3. The lowest BCUT2D eigenvalue weighted by Gasteiger charge is -2.42. The lowest BCUT2D eigenvalue weighted by molar-refractivity contribution is -0.0830. The second-order valence-corrected chi connectivity index (χ2v) is 5.23. The molecule has 0 amide bonds. The third kappa shape index (κ3) is 2.90. The van der Waals surface area contributed by atoms with Crippen LogP contribution in [0, 0.1) is 5.82 Å². The van der Waals surface area contributed by atoms with Crippen molar-refractivity contribution in [2.24, 2.45) is 0 Å². The number of halogens is 1. The topological polar surface area (TPSA) is 21.3 Å². The van der Waals surface area contributed by atoms with Gasteiger partial charge in [0.1, 0.15) is 5.82 Å². The zero-order valence-corrected chi connectivity index (χ0v) is 11.2. The first-order valence-electron chi connectivity index (χ1n) is 6.65. The van der Waals surface area contributed by atoms with Gasteiger partial charge in [0.15, 0.2) is 0 Å². The lowest BCUT2D eigenvalue weighted by Crippen LogP contribution is -2.45. The molecule has 2 nitrogen and oxygen atoms in total. The Kier molecular flexibility index (Phi) is 4.36. The normalized spacial score (nSPS) is 19.3. The molecule has 1 aliphatic rings. The Bertz CT molecular complexity index is 384. The number of nitrogens with one attached hydrogen (secondary N) is 1. The van der Waals surface area contributed by atoms with Crippen molar-refractivity contribution < 1.29 is 9.13 Å². The van der Waals surface area contributed by atoms with Gasteiger partial charge in [-0.25, -0.2) is 4.39 Å². The fourth-order valence-corrected chi connectivity index (χ4v) is 2.72. The van der Waals surface area contributed by atoms with Gasteiger partial charge in [-0.2, -0.15) is 0 Å². The monoisotopic (exact) mass is 251 g/mol. The molecule has 0 heterocycles. The van der Waals surface area contributed by atoms with Crippen LogP contribution >= 0.6 is 0 Å². The van der Waals surface area contributed by atoms with Crippen LogP contribution in [0.5, 0.6) is 0 Å². The maximum absolute atomic E-state index is 13.6. The van der Waals surface area contributed by atoms with Crippen molar-refractivity contribution in [3.63, 3.8) is 0 Å². The van der Waals surface area contributed by atoms with Crippen molar-refractivity contribution in [1.82, 2.24) is 5.32 Å². The molecule has 100 valence electrons. The molecule has 0 aliphatic heterocycles. The molecule has 18 heavy (non-hydrogen) atoms. The smallest absolute Gasteiger partial charge is 0.126 e. The van der Waals surface area contributed by atoms with Crippen LogP contribution in [-0.2, 0) is 11.2 Å². The van der Waals surface area contributed by atoms with E-state index in [-0.39, 0.29) is 17.5 Å². The predicted octanol–water partition coefficient (Wildman–Crippen LogP) is 2.92. The largest absolute Gasteiger partial charge is 0.378 e. The van der Waals surface area contributed by atoms with Crippen molar-refractivity contribution >= 4 is 0 Å². The first-order chi connectivity index (χ1) is 8.69. The number of hydrogen-bond donors (Lipinski definition) is 1. The number of rotatable bonds is 6. The van der Waals surface area contributed by atoms with E-state index in [0.29, 0.717) is 6.42 Å². The van der Waals surface area contributed by atoms with Crippen molar-refractivity contribution in [1.29, 1.82) is 0 Å². The van der Waals surface area contributed by atoms with E-state index in [1.165, 1.54) is 12.5 Å². The predicted molar refractivity (Wildman–Crippen MR) is 71.2 cm³/mol. The van der Waals surface area contributed by atoms with E-state index < -0.39 is 0 Å². The zero-order valence-electron chi connectivity index (χ0n) is 11.2. The van der Waals surface area contributed by atoms with Gasteiger partial charge in [0.25, 0.3) is 0 Å². The van der Waals surface area contributed by atoms with E-state index in [9.17, 15) is 4.39 Å². The van der Waals surface area contributed by atoms with Crippen LogP contribution in [0.2, 0.25) is 0 Å². The SMILES string of the molecule is CNC(Cc1ccccc1F)CC1(OC)CCC1. The third-order valence-electron chi connectivity index (χ3n) is 4.15. The molecule has 1 fully saturated rings. The van der Waals surface area contributed by atoms with E-state index in [1.54, 1.807) is 13.2 Å². The van der Waals surface area contributed by atoms with Crippen molar-refractivity contribution in [3.05, 3.63) is 35.6 Å². The summed E-state index contributed by atoms with van der Waals surface area (Å²) in [5, 5.41) is 3.29. The maximum Gasteiger partial charge on any atom is 0.126 e. The van der Waals surface area contributed by atoms with Crippen LogP contribution in [0.3, 0.4) is 0 Å². The summed E-state index contributed by atoms with van der Waals surface area (Å²) in [7, 11) is 3.72. The molecule has 0 saturated heterocycles. The average Bonchev–Trinajstić information content (AvgIpc) is 2.35. The van der Waals surface area contributed by atoms with Crippen molar-refractivity contribution in [3.8, 4) is 0 Å². The van der Waals surface area contributed by atoms with Crippen LogP contribution in [-0.4, -0.2) is 25.8 Å². The van der Waals surface area contributed by atoms with Gasteiger partial charge in [-0.05, 0) is 50.8 Å². The van der Waals surface area contributed by atoms with Gasteiger partial charge in [0, 0.05) is 13.2 Å². The van der Waals surface area contributed by atoms with Crippen LogP contribution in [0.4, 0.5) is 4.39 Å². The Labute approximate surface area is 109 Å². The summed E-state index contributed by atoms with van der Waals surface area (Å²) in [5.41, 5.74) is 0.807. The summed E-state index contributed by atoms with van der Waals surface area (Å²) < 4.78 is 19.3. The first kappa shape index (κ1) is 13.5. The summed E-state index contributed by atoms with van der Waals surface area (Å²) >= 11 is 0. The van der Waals surface area contributed by atoms with Gasteiger partial charge in [0.2, 0.25) is 0 Å². The molecular formula is C15H22FNO. The Morgan fingerprint density at radius 1 is 1.39 bits per heavy atom. The van der Waals surface area contributed by atoms with E-state index in [4.69, 9.17) is 4.74 Å². The van der Waals surface area contributed by atoms with Crippen molar-refractivity contribution in [2.45, 2.75) is 43.7 Å². The van der Waals surface area contributed by atoms with Crippen LogP contribution in [0.1, 0.15) is 31.2 Å². The molecule has 0 radical (unpaired) electrons. The first-order valence-corrected chi connectivity index (χ1v) is 6.65. The highest BCUT2D eigenvalue weighted by Gasteiger charge is 2.38. The minimum absolute atomic E-state index is 0.0267. The fourth-order valence-electron chi connectivity index (χ4n) is 2.72. The summed E-state index contributed by atoms with van der Waals surface area (Å²) in [6.45, 7) is 0. The highest BCUT2D eigenvalue weighted by atomic mass is 19.1. The molecule has 3 heteroatoms. The minimum Gasteiger partial charge on any atom is -0.378 e. The molecule has 1 aromatic rings. The van der Waals surface area contributed by atoms with E-state index >= 15 is 0 Å². The van der Waals surface area contributed by atoms with Gasteiger partial charge in [0.05, 0.1) is 5.60 Å². The van der Waals surface area contributed by atoms with Gasteiger partial charge < -0.3 is 10.1 Å². The summed E-state index contributed by atoms with van der Waals surface area (Å²) in [4.78, 5) is 0. The molecule has 0 aromatic heterocycles. The van der Waals surface area contributed by atoms with E-state index in [0.717, 1.165) is 24.8 Å². The van der Waals surface area contributed by atoms with Gasteiger partial charge in [-0.3, -0.25) is 0 Å². The minimum atomic E-state index is -0.113. The highest BCUT2D eigenvalue weighted by Crippen LogP contribution is 2.39. The van der Waals surface area contributed by atoms with Gasteiger partial charge >= 0.3 is 0 Å². The summed E-state index contributed by atoms with van der Waals surface area (Å²) in [6.07, 6.45) is 5.16. The second kappa shape index (κ2) is 5.81. The van der Waals surface area contributed by atoms with Crippen LogP contribution < -0.4 is 5.32 Å². The van der Waals surface area contributed by atoms with Gasteiger partial charge in [-0.1, -0.05) is 18.2 Å². The van der Waals surface area contributed by atoms with Crippen molar-refractivity contribution in [2.75, 3.05) is 14.2 Å². The Balaban J connectivity index is 1.99. The van der Waals surface area contributed by atoms with Crippen LogP contribution in [0.25, 0.3) is 0 Å². The molecule has 1 aliphatic carbocycles. The number of likely N-dealkylation sites (N-methyl/N-ethyl adjacent to an activating group) is 1. The number of benzene rings is 1. The molecular weight excluding hydrogens is 229 g/mol. The summed E-state index contributed by atoms with van der Waals surface area (Å²) in [5.74, 6) is -0.113. The molecule has 0 spiro atoms. The second-order valence-electron chi connectivity index (χ2n) is 5.23. The van der Waals surface area contributed by atoms with E-state index in [1.807, 2.05) is 19.2 Å². The number of ether oxygens (including phenoxy) is 1. The molecule has 0 bridgehead atoms. The van der Waals surface area contributed by atoms with Gasteiger partial charge in [-0.15, -0.1) is 0 Å². The average molecular weight is 251 g/mol. The molecule has 1 saturated carbocycles. The molecule has 1 atom stereocenters. The zero-order chi connectivity index (χ0) is 13.0. The third-order valence-corrected chi connectivity index (χ3v) is 4.15. The lowest BCUT2D eigenvalue weighted by atomic mass is 9.75. The number of hydrogen-bond acceptors (Lipinski definition) is 2. The Morgan fingerprint density at radius 3 is 2.61 bits per heavy atom. The van der Waals surface area contributed by atoms with E-state index in [2.05, 4.69) is 5.32 Å². The van der Waals surface area contributed by atoms with Crippen LogP contribution in [0.15, 0.2) is 24.3 Å². The molecule has 1 N–H and O–H groups in total. The maximum atomic E-state index is 13.6. The quantitative estimate of drug-likeness (QED) is 0.839. The molecule has 1 unspecified atom stereocenters. The number of methoxy groups -OCH3 is 1. The molecule has 2 rings (SSSR count). The Hall–Kier alpha value is -0.930. The Morgan fingerprint density at radius 2 is 2.11 bits per heavy atom. The highest BCUT2D eigenvalue weighted by molar-refractivity contribution is 5.18. The summed E-state index contributed by atoms with van der Waals surface area (Å²) in [6, 6.07) is 7.27. The molecule has 1 aromatic carbocycles. The fraction of sp³-hybridized carbons (Fsp3) is 0.600.